The molecule has 0 atom stereocenters. The molecule has 0 spiro atoms. The molecule has 66 valence electrons. The molecule has 1 aliphatic rings. The van der Waals surface area contributed by atoms with Crippen LogP contribution in [0, 0.1) is 0 Å². The van der Waals surface area contributed by atoms with E-state index in [-0.39, 0.29) is 5.91 Å². The maximum absolute atomic E-state index is 11.0. The van der Waals surface area contributed by atoms with Gasteiger partial charge in [-0.25, -0.2) is 0 Å². The number of allylic oxidation sites excluding steroid dienone is 3. The van der Waals surface area contributed by atoms with E-state index in [1.165, 1.54) is 5.57 Å². The predicted octanol–water partition coefficient (Wildman–Crippen LogP) is 1.79. The van der Waals surface area contributed by atoms with Gasteiger partial charge in [-0.3, -0.25) is 4.79 Å². The van der Waals surface area contributed by atoms with Gasteiger partial charge in [-0.15, -0.1) is 0 Å². The summed E-state index contributed by atoms with van der Waals surface area (Å²) in [7, 11) is 1.67. The second-order valence-electron chi connectivity index (χ2n) is 3.16. The van der Waals surface area contributed by atoms with Gasteiger partial charge in [-0.2, -0.15) is 0 Å². The summed E-state index contributed by atoms with van der Waals surface area (Å²) in [4.78, 5) is 11.0. The van der Waals surface area contributed by atoms with E-state index >= 15 is 0 Å². The van der Waals surface area contributed by atoms with Crippen molar-refractivity contribution in [3.63, 3.8) is 0 Å². The second kappa shape index (κ2) is 4.10. The van der Waals surface area contributed by atoms with Crippen molar-refractivity contribution in [3.05, 3.63) is 23.3 Å². The summed E-state index contributed by atoms with van der Waals surface area (Å²) in [6, 6.07) is 0. The third kappa shape index (κ3) is 2.53. The highest BCUT2D eigenvalue weighted by molar-refractivity contribution is 5.78. The zero-order valence-corrected chi connectivity index (χ0v) is 7.68. The van der Waals surface area contributed by atoms with Crippen LogP contribution in [0.25, 0.3) is 0 Å². The first-order chi connectivity index (χ1) is 5.72. The van der Waals surface area contributed by atoms with Crippen LogP contribution in [0.4, 0.5) is 0 Å². The number of nitrogens with one attached hydrogen (secondary N) is 1. The highest BCUT2D eigenvalue weighted by Crippen LogP contribution is 2.18. The predicted molar refractivity (Wildman–Crippen MR) is 49.8 cm³/mol. The van der Waals surface area contributed by atoms with Crippen molar-refractivity contribution in [2.75, 3.05) is 7.05 Å². The monoisotopic (exact) mass is 165 g/mol. The van der Waals surface area contributed by atoms with Crippen LogP contribution in [-0.4, -0.2) is 13.0 Å². The van der Waals surface area contributed by atoms with Gasteiger partial charge in [0.1, 0.15) is 0 Å². The van der Waals surface area contributed by atoms with Crippen LogP contribution < -0.4 is 5.32 Å². The fraction of sp³-hybridized carbons (Fsp3) is 0.500. The van der Waals surface area contributed by atoms with Gasteiger partial charge >= 0.3 is 0 Å². The van der Waals surface area contributed by atoms with Crippen LogP contribution in [-0.2, 0) is 4.79 Å². The maximum Gasteiger partial charge on any atom is 0.224 e. The van der Waals surface area contributed by atoms with Crippen LogP contribution in [0.5, 0.6) is 0 Å². The van der Waals surface area contributed by atoms with E-state index in [0.717, 1.165) is 18.4 Å². The molecule has 0 saturated heterocycles. The molecule has 0 aromatic carbocycles. The average molecular weight is 165 g/mol. The van der Waals surface area contributed by atoms with Crippen molar-refractivity contribution < 1.29 is 4.79 Å². The smallest absolute Gasteiger partial charge is 0.224 e. The molecular formula is C10H15NO. The van der Waals surface area contributed by atoms with Crippen molar-refractivity contribution >= 4 is 5.91 Å². The molecule has 1 rings (SSSR count). The van der Waals surface area contributed by atoms with Gasteiger partial charge in [-0.1, -0.05) is 17.7 Å². The summed E-state index contributed by atoms with van der Waals surface area (Å²) >= 11 is 0. The molecule has 0 fully saturated rings. The number of amides is 1. The molecule has 0 saturated carbocycles. The third-order valence-electron chi connectivity index (χ3n) is 2.02. The molecule has 0 aromatic heterocycles. The highest BCUT2D eigenvalue weighted by Gasteiger charge is 2.05. The Morgan fingerprint density at radius 3 is 3.00 bits per heavy atom. The summed E-state index contributed by atoms with van der Waals surface area (Å²) in [5, 5.41) is 2.62. The van der Waals surface area contributed by atoms with Crippen LogP contribution in [0.3, 0.4) is 0 Å². The Bertz CT molecular complexity index is 238. The van der Waals surface area contributed by atoms with E-state index in [2.05, 4.69) is 24.4 Å². The van der Waals surface area contributed by atoms with Crippen LogP contribution >= 0.6 is 0 Å². The second-order valence-corrected chi connectivity index (χ2v) is 3.16. The lowest BCUT2D eigenvalue weighted by molar-refractivity contribution is -0.119. The first kappa shape index (κ1) is 9.04. The van der Waals surface area contributed by atoms with Crippen molar-refractivity contribution in [1.29, 1.82) is 0 Å². The Balaban J connectivity index is 2.53. The Labute approximate surface area is 73.4 Å². The molecule has 0 radical (unpaired) electrons. The number of hydrogen-bond donors (Lipinski definition) is 1. The molecule has 0 aliphatic heterocycles. The standard InChI is InChI=1S/C10H15NO/c1-8-4-3-5-9(6-8)7-10(12)11-2/h5-6H,3-4,7H2,1-2H3,(H,11,12). The molecule has 0 heterocycles. The molecule has 0 unspecified atom stereocenters. The number of hydrogen-bond acceptors (Lipinski definition) is 1. The SMILES string of the molecule is CNC(=O)CC1=CCCC(C)=C1. The Morgan fingerprint density at radius 1 is 1.67 bits per heavy atom. The Kier molecular flexibility index (Phi) is 3.09. The number of rotatable bonds is 2. The van der Waals surface area contributed by atoms with E-state index in [9.17, 15) is 4.79 Å². The lowest BCUT2D eigenvalue weighted by atomic mass is 9.98. The zero-order valence-electron chi connectivity index (χ0n) is 7.68. The number of carbonyl (C=O) groups is 1. The van der Waals surface area contributed by atoms with Gasteiger partial charge in [0.2, 0.25) is 5.91 Å². The molecule has 1 aliphatic carbocycles. The largest absolute Gasteiger partial charge is 0.359 e. The van der Waals surface area contributed by atoms with Gasteiger partial charge in [0.15, 0.2) is 0 Å². The van der Waals surface area contributed by atoms with Crippen molar-refractivity contribution in [2.45, 2.75) is 26.2 Å². The molecule has 1 N–H and O–H groups in total. The topological polar surface area (TPSA) is 29.1 Å². The molecule has 12 heavy (non-hydrogen) atoms. The highest BCUT2D eigenvalue weighted by atomic mass is 16.1. The summed E-state index contributed by atoms with van der Waals surface area (Å²) in [6.45, 7) is 2.11. The van der Waals surface area contributed by atoms with Crippen LogP contribution in [0.1, 0.15) is 26.2 Å². The van der Waals surface area contributed by atoms with Gasteiger partial charge in [0.05, 0.1) is 6.42 Å². The van der Waals surface area contributed by atoms with Crippen molar-refractivity contribution in [1.82, 2.24) is 5.32 Å². The molecule has 0 aromatic rings. The van der Waals surface area contributed by atoms with Crippen LogP contribution in [0.2, 0.25) is 0 Å². The van der Waals surface area contributed by atoms with Crippen molar-refractivity contribution in [2.24, 2.45) is 0 Å². The normalized spacial score (nSPS) is 16.5. The molecular weight excluding hydrogens is 150 g/mol. The van der Waals surface area contributed by atoms with Crippen LogP contribution in [0.15, 0.2) is 23.3 Å². The van der Waals surface area contributed by atoms with Gasteiger partial charge < -0.3 is 5.32 Å². The van der Waals surface area contributed by atoms with Gasteiger partial charge in [-0.05, 0) is 25.3 Å². The maximum atomic E-state index is 11.0. The Hall–Kier alpha value is -1.05. The molecule has 2 nitrogen and oxygen atoms in total. The molecule has 1 amide bonds. The fourth-order valence-corrected chi connectivity index (χ4v) is 1.33. The minimum absolute atomic E-state index is 0.0900. The summed E-state index contributed by atoms with van der Waals surface area (Å²) in [5.41, 5.74) is 2.52. The minimum atomic E-state index is 0.0900. The molecule has 2 heteroatoms. The Morgan fingerprint density at radius 2 is 2.42 bits per heavy atom. The average Bonchev–Trinajstić information content (AvgIpc) is 2.04. The van der Waals surface area contributed by atoms with Gasteiger partial charge in [0, 0.05) is 7.05 Å². The lowest BCUT2D eigenvalue weighted by Crippen LogP contribution is -2.17. The molecule has 0 bridgehead atoms. The van der Waals surface area contributed by atoms with E-state index in [1.807, 2.05) is 0 Å². The third-order valence-corrected chi connectivity index (χ3v) is 2.02. The van der Waals surface area contributed by atoms with E-state index in [1.54, 1.807) is 7.05 Å². The quantitative estimate of drug-likeness (QED) is 0.664. The van der Waals surface area contributed by atoms with Gasteiger partial charge in [0.25, 0.3) is 0 Å². The number of carbonyl (C=O) groups excluding carboxylic acids is 1. The van der Waals surface area contributed by atoms with E-state index in [4.69, 9.17) is 0 Å². The van der Waals surface area contributed by atoms with E-state index < -0.39 is 0 Å². The summed E-state index contributed by atoms with van der Waals surface area (Å²) in [6.07, 6.45) is 6.99. The first-order valence-electron chi connectivity index (χ1n) is 4.29. The summed E-state index contributed by atoms with van der Waals surface area (Å²) in [5.74, 6) is 0.0900. The van der Waals surface area contributed by atoms with Crippen molar-refractivity contribution in [3.8, 4) is 0 Å². The first-order valence-corrected chi connectivity index (χ1v) is 4.29. The van der Waals surface area contributed by atoms with E-state index in [0.29, 0.717) is 6.42 Å². The minimum Gasteiger partial charge on any atom is -0.359 e. The zero-order chi connectivity index (χ0) is 8.97. The summed E-state index contributed by atoms with van der Waals surface area (Å²) < 4.78 is 0. The fourth-order valence-electron chi connectivity index (χ4n) is 1.33. The lowest BCUT2D eigenvalue weighted by Gasteiger charge is -2.09.